The third kappa shape index (κ3) is 22.5. The molecule has 0 aromatic rings. The van der Waals surface area contributed by atoms with Gasteiger partial charge >= 0.3 is 0 Å². The highest BCUT2D eigenvalue weighted by molar-refractivity contribution is 6.23. The Morgan fingerprint density at radius 1 is 1.50 bits per heavy atom. The summed E-state index contributed by atoms with van der Waals surface area (Å²) in [5.74, 6) is 0. The van der Waals surface area contributed by atoms with Gasteiger partial charge in [-0.05, 0) is 27.2 Å². The van der Waals surface area contributed by atoms with E-state index in [1.54, 1.807) is 6.92 Å². The van der Waals surface area contributed by atoms with Crippen LogP contribution in [0.3, 0.4) is 0 Å². The zero-order chi connectivity index (χ0) is 10.2. The topological polar surface area (TPSA) is 20.2 Å². The molecule has 1 nitrogen and oxygen atoms in total. The molecule has 0 saturated heterocycles. The van der Waals surface area contributed by atoms with E-state index in [1.807, 2.05) is 13.8 Å². The van der Waals surface area contributed by atoms with E-state index in [2.05, 4.69) is 13.8 Å². The summed E-state index contributed by atoms with van der Waals surface area (Å²) in [6.45, 7) is 11.2. The van der Waals surface area contributed by atoms with E-state index < -0.39 is 0 Å². The lowest BCUT2D eigenvalue weighted by molar-refractivity contribution is 0.173. The molecule has 0 bridgehead atoms. The van der Waals surface area contributed by atoms with Gasteiger partial charge in [-0.2, -0.15) is 0 Å². The van der Waals surface area contributed by atoms with Crippen LogP contribution in [0.1, 0.15) is 47.0 Å². The molecule has 75 valence electrons. The van der Waals surface area contributed by atoms with Crippen LogP contribution in [0.5, 0.6) is 0 Å². The van der Waals surface area contributed by atoms with Crippen molar-refractivity contribution in [2.45, 2.75) is 57.9 Å². The van der Waals surface area contributed by atoms with Crippen LogP contribution >= 0.6 is 11.6 Å². The number of hydrogen-bond acceptors (Lipinski definition) is 1. The summed E-state index contributed by atoms with van der Waals surface area (Å²) in [6.07, 6.45) is 2.64. The van der Waals surface area contributed by atoms with Gasteiger partial charge < -0.3 is 5.11 Å². The molecule has 0 aliphatic heterocycles. The monoisotopic (exact) mass is 193 g/mol. The summed E-state index contributed by atoms with van der Waals surface area (Å²) < 4.78 is 0. The van der Waals surface area contributed by atoms with Crippen LogP contribution in [0.4, 0.5) is 0 Å². The maximum absolute atomic E-state index is 8.80. The molecule has 0 heterocycles. The highest BCUT2D eigenvalue weighted by Gasteiger charge is 2.15. The molecule has 0 amide bonds. The van der Waals surface area contributed by atoms with Gasteiger partial charge in [0.25, 0.3) is 0 Å². The number of unbranched alkanes of at least 4 members (excludes halogenated alkanes) is 1. The van der Waals surface area contributed by atoms with Crippen molar-refractivity contribution in [1.82, 2.24) is 0 Å². The highest BCUT2D eigenvalue weighted by Crippen LogP contribution is 2.18. The van der Waals surface area contributed by atoms with Crippen LogP contribution in [0.25, 0.3) is 0 Å². The minimum absolute atomic E-state index is 0.256. The van der Waals surface area contributed by atoms with Gasteiger partial charge in [0.2, 0.25) is 0 Å². The minimum atomic E-state index is -0.289. The largest absolute Gasteiger partial charge is 0.393 e. The third-order valence-electron chi connectivity index (χ3n) is 1.13. The molecule has 1 unspecified atom stereocenters. The molecule has 0 aromatic carbocycles. The second kappa shape index (κ2) is 7.88. The van der Waals surface area contributed by atoms with Gasteiger partial charge in [0.05, 0.1) is 6.10 Å². The minimum Gasteiger partial charge on any atom is -0.393 e. The Bertz CT molecular complexity index is 82.3. The van der Waals surface area contributed by atoms with Crippen molar-refractivity contribution >= 4 is 11.6 Å². The van der Waals surface area contributed by atoms with E-state index in [9.17, 15) is 0 Å². The lowest BCUT2D eigenvalue weighted by Crippen LogP contribution is -2.17. The van der Waals surface area contributed by atoms with Gasteiger partial charge in [0, 0.05) is 4.87 Å². The summed E-state index contributed by atoms with van der Waals surface area (Å²) in [7, 11) is 0. The van der Waals surface area contributed by atoms with Crippen LogP contribution in [-0.2, 0) is 0 Å². The van der Waals surface area contributed by atoms with E-state index in [0.29, 0.717) is 6.42 Å². The van der Waals surface area contributed by atoms with E-state index >= 15 is 0 Å². The maximum Gasteiger partial charge on any atom is 0.0528 e. The fourth-order valence-electron chi connectivity index (χ4n) is 0.702. The molecule has 2 heteroatoms. The van der Waals surface area contributed by atoms with Crippen molar-refractivity contribution < 1.29 is 5.11 Å². The van der Waals surface area contributed by atoms with Crippen LogP contribution in [-0.4, -0.2) is 16.1 Å². The fraction of sp³-hybridized carbons (Fsp3) is 0.900. The van der Waals surface area contributed by atoms with Crippen molar-refractivity contribution in [1.29, 1.82) is 0 Å². The Hall–Kier alpha value is 0.250. The Morgan fingerprint density at radius 3 is 1.83 bits per heavy atom. The summed E-state index contributed by atoms with van der Waals surface area (Å²) >= 11 is 5.77. The zero-order valence-electron chi connectivity index (χ0n) is 8.73. The first-order chi connectivity index (χ1) is 5.33. The molecule has 0 spiro atoms. The summed E-state index contributed by atoms with van der Waals surface area (Å²) in [4.78, 5) is -0.256. The van der Waals surface area contributed by atoms with Gasteiger partial charge in [-0.25, -0.2) is 0 Å². The van der Waals surface area contributed by atoms with Crippen molar-refractivity contribution in [3.63, 3.8) is 0 Å². The molecule has 1 N–H and O–H groups in total. The molecule has 0 aliphatic carbocycles. The van der Waals surface area contributed by atoms with Gasteiger partial charge in [-0.1, -0.05) is 26.7 Å². The number of rotatable bonds is 3. The average molecular weight is 194 g/mol. The number of hydrogen-bond donors (Lipinski definition) is 1. The molecule has 1 atom stereocenters. The molecule has 12 heavy (non-hydrogen) atoms. The normalized spacial score (nSPS) is 13.2. The van der Waals surface area contributed by atoms with Gasteiger partial charge in [-0.15, -0.1) is 11.6 Å². The smallest absolute Gasteiger partial charge is 0.0528 e. The number of alkyl halides is 1. The van der Waals surface area contributed by atoms with Crippen LogP contribution in [0.15, 0.2) is 0 Å². The third-order valence-corrected chi connectivity index (χ3v) is 1.29. The van der Waals surface area contributed by atoms with Crippen LogP contribution < -0.4 is 0 Å². The van der Waals surface area contributed by atoms with E-state index in [4.69, 9.17) is 16.7 Å². The average Bonchev–Trinajstić information content (AvgIpc) is 1.83. The predicted octanol–water partition coefficient (Wildman–Crippen LogP) is 3.40. The Balaban J connectivity index is 0. The number of halogens is 1. The maximum atomic E-state index is 8.80. The first-order valence-electron chi connectivity index (χ1n) is 4.49. The van der Waals surface area contributed by atoms with Crippen molar-refractivity contribution in [3.05, 3.63) is 6.92 Å². The summed E-state index contributed by atoms with van der Waals surface area (Å²) in [5, 5.41) is 8.80. The summed E-state index contributed by atoms with van der Waals surface area (Å²) in [5.41, 5.74) is 0. The van der Waals surface area contributed by atoms with E-state index in [1.165, 1.54) is 6.42 Å². The van der Waals surface area contributed by atoms with E-state index in [0.717, 1.165) is 6.42 Å². The SMILES string of the molecule is CC(O)CC(C)(C)Cl.[CH2]CCC. The fourth-order valence-corrected chi connectivity index (χ4v) is 0.926. The molecule has 0 aromatic heterocycles. The molecule has 0 fully saturated rings. The Kier molecular flexibility index (Phi) is 9.69. The van der Waals surface area contributed by atoms with Crippen molar-refractivity contribution in [2.75, 3.05) is 0 Å². The number of aliphatic hydroxyl groups excluding tert-OH is 1. The van der Waals surface area contributed by atoms with Gasteiger partial charge in [0.15, 0.2) is 0 Å². The Labute approximate surface area is 82.1 Å². The van der Waals surface area contributed by atoms with E-state index in [-0.39, 0.29) is 11.0 Å². The second-order valence-corrected chi connectivity index (χ2v) is 4.65. The highest BCUT2D eigenvalue weighted by atomic mass is 35.5. The quantitative estimate of drug-likeness (QED) is 0.682. The molecule has 0 saturated carbocycles. The summed E-state index contributed by atoms with van der Waals surface area (Å²) in [6, 6.07) is 0. The second-order valence-electron chi connectivity index (χ2n) is 3.63. The van der Waals surface area contributed by atoms with Crippen molar-refractivity contribution in [3.8, 4) is 0 Å². The zero-order valence-corrected chi connectivity index (χ0v) is 9.49. The Morgan fingerprint density at radius 2 is 1.83 bits per heavy atom. The van der Waals surface area contributed by atoms with Gasteiger partial charge in [0.1, 0.15) is 0 Å². The lowest BCUT2D eigenvalue weighted by atomic mass is 10.1. The number of aliphatic hydroxyl groups is 1. The standard InChI is InChI=1S/C6H13ClO.C4H9/c1-5(8)4-6(2,3)7;1-3-4-2/h5,8H,4H2,1-3H3;1,3-4H2,2H3. The molecule has 1 radical (unpaired) electrons. The molecule has 0 rings (SSSR count). The first-order valence-corrected chi connectivity index (χ1v) is 4.87. The molecular weight excluding hydrogens is 172 g/mol. The predicted molar refractivity (Wildman–Crippen MR) is 56.5 cm³/mol. The van der Waals surface area contributed by atoms with Crippen molar-refractivity contribution in [2.24, 2.45) is 0 Å². The lowest BCUT2D eigenvalue weighted by Gasteiger charge is -2.16. The van der Waals surface area contributed by atoms with Crippen LogP contribution in [0, 0.1) is 6.92 Å². The van der Waals surface area contributed by atoms with Gasteiger partial charge in [-0.3, -0.25) is 0 Å². The molecule has 0 aliphatic rings. The first kappa shape index (κ1) is 14.8. The van der Waals surface area contributed by atoms with Crippen LogP contribution in [0.2, 0.25) is 0 Å². The molecular formula is C10H22ClO.